The molecule has 0 aliphatic heterocycles. The van der Waals surface area contributed by atoms with Crippen LogP contribution in [-0.2, 0) is 6.42 Å². The lowest BCUT2D eigenvalue weighted by atomic mass is 10.3. The van der Waals surface area contributed by atoms with Gasteiger partial charge in [-0.3, -0.25) is 10.5 Å². The summed E-state index contributed by atoms with van der Waals surface area (Å²) in [5.41, 5.74) is 6.98. The van der Waals surface area contributed by atoms with E-state index in [0.29, 0.717) is 6.42 Å². The monoisotopic (exact) mass is 138 g/mol. The minimum atomic E-state index is 0.145. The third-order valence-electron chi connectivity index (χ3n) is 1.13. The molecule has 54 valence electrons. The van der Waals surface area contributed by atoms with Crippen molar-refractivity contribution in [3.8, 4) is 0 Å². The summed E-state index contributed by atoms with van der Waals surface area (Å²) in [5, 5.41) is 13.6. The van der Waals surface area contributed by atoms with E-state index in [2.05, 4.69) is 10.2 Å². The Morgan fingerprint density at radius 1 is 1.90 bits per heavy atom. The van der Waals surface area contributed by atoms with Crippen LogP contribution in [0.5, 0.6) is 0 Å². The van der Waals surface area contributed by atoms with Gasteiger partial charge in [-0.25, -0.2) is 0 Å². The average molecular weight is 138 g/mol. The molecule has 0 bridgehead atoms. The average Bonchev–Trinajstić information content (AvgIpc) is 2.13. The van der Waals surface area contributed by atoms with Crippen LogP contribution in [0.3, 0.4) is 0 Å². The quantitative estimate of drug-likeness (QED) is 0.403. The van der Waals surface area contributed by atoms with Gasteiger partial charge >= 0.3 is 0 Å². The van der Waals surface area contributed by atoms with Gasteiger partial charge in [-0.05, 0) is 13.0 Å². The second kappa shape index (κ2) is 2.51. The number of nitrogens with two attached hydrogens (primary N) is 1. The highest BCUT2D eigenvalue weighted by atomic mass is 15.1. The molecular formula is C6H10N4. The van der Waals surface area contributed by atoms with Gasteiger partial charge < -0.3 is 5.73 Å². The summed E-state index contributed by atoms with van der Waals surface area (Å²) in [6.45, 7) is 1.91. The van der Waals surface area contributed by atoms with Gasteiger partial charge in [0.05, 0.1) is 11.5 Å². The number of hydrogen-bond acceptors (Lipinski definition) is 2. The van der Waals surface area contributed by atoms with Crippen molar-refractivity contribution in [2.75, 3.05) is 0 Å². The first-order valence-electron chi connectivity index (χ1n) is 3.02. The largest absolute Gasteiger partial charge is 0.387 e. The van der Waals surface area contributed by atoms with Gasteiger partial charge in [-0.1, -0.05) is 0 Å². The van der Waals surface area contributed by atoms with Crippen molar-refractivity contribution in [3.05, 3.63) is 17.5 Å². The smallest absolute Gasteiger partial charge is 0.0966 e. The van der Waals surface area contributed by atoms with Crippen molar-refractivity contribution in [2.45, 2.75) is 13.3 Å². The Labute approximate surface area is 58.9 Å². The van der Waals surface area contributed by atoms with E-state index in [-0.39, 0.29) is 5.84 Å². The fourth-order valence-corrected chi connectivity index (χ4v) is 0.760. The molecule has 0 aliphatic carbocycles. The molecule has 0 unspecified atom stereocenters. The molecule has 4 heteroatoms. The van der Waals surface area contributed by atoms with Crippen molar-refractivity contribution in [1.29, 1.82) is 5.41 Å². The number of rotatable bonds is 2. The van der Waals surface area contributed by atoms with Crippen LogP contribution in [0.15, 0.2) is 6.07 Å². The highest BCUT2D eigenvalue weighted by molar-refractivity contribution is 5.78. The topological polar surface area (TPSA) is 78.6 Å². The van der Waals surface area contributed by atoms with Gasteiger partial charge in [0.1, 0.15) is 0 Å². The summed E-state index contributed by atoms with van der Waals surface area (Å²) >= 11 is 0. The van der Waals surface area contributed by atoms with Crippen LogP contribution in [-0.4, -0.2) is 16.0 Å². The van der Waals surface area contributed by atoms with Crippen molar-refractivity contribution in [1.82, 2.24) is 10.2 Å². The molecule has 0 saturated heterocycles. The molecular weight excluding hydrogens is 128 g/mol. The number of aryl methyl sites for hydroxylation is 1. The Bertz CT molecular complexity index is 238. The predicted molar refractivity (Wildman–Crippen MR) is 38.9 cm³/mol. The van der Waals surface area contributed by atoms with Crippen molar-refractivity contribution < 1.29 is 0 Å². The van der Waals surface area contributed by atoms with Gasteiger partial charge in [-0.2, -0.15) is 5.10 Å². The summed E-state index contributed by atoms with van der Waals surface area (Å²) in [4.78, 5) is 0. The third kappa shape index (κ3) is 1.58. The maximum Gasteiger partial charge on any atom is 0.0966 e. The number of H-pyrrole nitrogens is 1. The standard InChI is InChI=1S/C6H10N4/c1-4-2-5(10-9-4)3-6(7)8/h2H,3H2,1H3,(H3,7,8)(H,9,10). The zero-order valence-electron chi connectivity index (χ0n) is 5.81. The van der Waals surface area contributed by atoms with Gasteiger partial charge in [0.25, 0.3) is 0 Å². The van der Waals surface area contributed by atoms with Crippen LogP contribution < -0.4 is 5.73 Å². The van der Waals surface area contributed by atoms with E-state index in [1.807, 2.05) is 13.0 Å². The second-order valence-corrected chi connectivity index (χ2v) is 2.24. The normalized spacial score (nSPS) is 9.70. The maximum atomic E-state index is 6.96. The van der Waals surface area contributed by atoms with Crippen molar-refractivity contribution >= 4 is 5.84 Å². The van der Waals surface area contributed by atoms with Crippen LogP contribution >= 0.6 is 0 Å². The molecule has 1 rings (SSSR count). The number of nitrogens with one attached hydrogen (secondary N) is 2. The first-order chi connectivity index (χ1) is 4.68. The zero-order valence-corrected chi connectivity index (χ0v) is 5.81. The predicted octanol–water partition coefficient (Wildman–Crippen LogP) is 0.197. The maximum absolute atomic E-state index is 6.96. The molecule has 1 aromatic rings. The molecule has 1 aromatic heterocycles. The van der Waals surface area contributed by atoms with Gasteiger partial charge in [0.2, 0.25) is 0 Å². The lowest BCUT2D eigenvalue weighted by Crippen LogP contribution is -2.12. The highest BCUT2D eigenvalue weighted by Gasteiger charge is 1.97. The van der Waals surface area contributed by atoms with Crippen molar-refractivity contribution in [2.24, 2.45) is 5.73 Å². The molecule has 0 amide bonds. The summed E-state index contributed by atoms with van der Waals surface area (Å²) in [5.74, 6) is 0.145. The molecule has 0 saturated carbocycles. The van der Waals surface area contributed by atoms with E-state index in [1.54, 1.807) is 0 Å². The van der Waals surface area contributed by atoms with Crippen LogP contribution in [0.4, 0.5) is 0 Å². The zero-order chi connectivity index (χ0) is 7.56. The first kappa shape index (κ1) is 6.80. The van der Waals surface area contributed by atoms with Crippen molar-refractivity contribution in [3.63, 3.8) is 0 Å². The van der Waals surface area contributed by atoms with E-state index < -0.39 is 0 Å². The Balaban J connectivity index is 2.67. The van der Waals surface area contributed by atoms with Gasteiger partial charge in [0, 0.05) is 12.1 Å². The van der Waals surface area contributed by atoms with E-state index in [0.717, 1.165) is 11.4 Å². The number of aromatic amines is 1. The number of amidine groups is 1. The molecule has 0 fully saturated rings. The van der Waals surface area contributed by atoms with Crippen LogP contribution in [0.1, 0.15) is 11.4 Å². The Morgan fingerprint density at radius 3 is 3.00 bits per heavy atom. The Kier molecular flexibility index (Phi) is 1.71. The minimum absolute atomic E-state index is 0.145. The molecule has 1 heterocycles. The van der Waals surface area contributed by atoms with E-state index in [1.165, 1.54) is 0 Å². The van der Waals surface area contributed by atoms with Gasteiger partial charge in [-0.15, -0.1) is 0 Å². The van der Waals surface area contributed by atoms with Crippen LogP contribution in [0.25, 0.3) is 0 Å². The molecule has 0 aromatic carbocycles. The number of hydrogen-bond donors (Lipinski definition) is 3. The van der Waals surface area contributed by atoms with E-state index in [9.17, 15) is 0 Å². The first-order valence-corrected chi connectivity index (χ1v) is 3.02. The minimum Gasteiger partial charge on any atom is -0.387 e. The molecule has 4 nitrogen and oxygen atoms in total. The fraction of sp³-hybridized carbons (Fsp3) is 0.333. The lowest BCUT2D eigenvalue weighted by molar-refractivity contribution is 0.995. The van der Waals surface area contributed by atoms with E-state index in [4.69, 9.17) is 11.1 Å². The second-order valence-electron chi connectivity index (χ2n) is 2.24. The lowest BCUT2D eigenvalue weighted by Gasteiger charge is -1.89. The Morgan fingerprint density at radius 2 is 2.60 bits per heavy atom. The third-order valence-corrected chi connectivity index (χ3v) is 1.13. The van der Waals surface area contributed by atoms with E-state index >= 15 is 0 Å². The molecule has 4 N–H and O–H groups in total. The molecule has 0 spiro atoms. The summed E-state index contributed by atoms with van der Waals surface area (Å²) in [6, 6.07) is 1.88. The van der Waals surface area contributed by atoms with Crippen LogP contribution in [0, 0.1) is 12.3 Å². The molecule has 10 heavy (non-hydrogen) atoms. The highest BCUT2D eigenvalue weighted by Crippen LogP contribution is 1.97. The number of nitrogens with zero attached hydrogens (tertiary/aromatic N) is 1. The summed E-state index contributed by atoms with van der Waals surface area (Å²) < 4.78 is 0. The van der Waals surface area contributed by atoms with Gasteiger partial charge in [0.15, 0.2) is 0 Å². The fourth-order valence-electron chi connectivity index (χ4n) is 0.760. The Hall–Kier alpha value is -1.32. The SMILES string of the molecule is Cc1cc(CC(=N)N)n[nH]1. The molecule has 0 aliphatic rings. The van der Waals surface area contributed by atoms with Crippen LogP contribution in [0.2, 0.25) is 0 Å². The number of aromatic nitrogens is 2. The molecule has 0 radical (unpaired) electrons. The summed E-state index contributed by atoms with van der Waals surface area (Å²) in [7, 11) is 0. The molecule has 0 atom stereocenters. The summed E-state index contributed by atoms with van der Waals surface area (Å²) in [6.07, 6.45) is 0.435.